The van der Waals surface area contributed by atoms with Gasteiger partial charge in [0.25, 0.3) is 0 Å². The van der Waals surface area contributed by atoms with Crippen molar-refractivity contribution in [3.63, 3.8) is 0 Å². The van der Waals surface area contributed by atoms with Crippen LogP contribution in [0.3, 0.4) is 0 Å². The van der Waals surface area contributed by atoms with Crippen molar-refractivity contribution in [1.82, 2.24) is 15.1 Å². The maximum absolute atomic E-state index is 11.8. The van der Waals surface area contributed by atoms with Crippen molar-refractivity contribution in [3.05, 3.63) is 0 Å². The topological polar surface area (TPSA) is 72.9 Å². The van der Waals surface area contributed by atoms with E-state index in [2.05, 4.69) is 36.0 Å². The summed E-state index contributed by atoms with van der Waals surface area (Å²) in [5, 5.41) is 11.5. The van der Waals surface area contributed by atoms with Crippen molar-refractivity contribution in [2.24, 2.45) is 5.92 Å². The Balaban J connectivity index is 2.34. The monoisotopic (exact) mass is 299 g/mol. The standard InChI is InChI=1S/C15H29N3O3/c1-12(2)13(18-9-7-17(3)8-10-18)11-16-14(19)5-4-6-15(20)21/h12-13H,4-11H2,1-3H3,(H,16,19)(H,20,21). The lowest BCUT2D eigenvalue weighted by Gasteiger charge is -2.39. The summed E-state index contributed by atoms with van der Waals surface area (Å²) in [6.07, 6.45) is 0.751. The van der Waals surface area contributed by atoms with Crippen LogP contribution in [0.25, 0.3) is 0 Å². The molecule has 0 saturated carbocycles. The normalized spacial score (nSPS) is 18.7. The van der Waals surface area contributed by atoms with Gasteiger partial charge in [-0.05, 0) is 19.4 Å². The lowest BCUT2D eigenvalue weighted by atomic mass is 10.0. The van der Waals surface area contributed by atoms with Gasteiger partial charge in [-0.1, -0.05) is 13.8 Å². The number of carbonyl (C=O) groups is 2. The largest absolute Gasteiger partial charge is 0.481 e. The van der Waals surface area contributed by atoms with Crippen molar-refractivity contribution in [1.29, 1.82) is 0 Å². The number of likely N-dealkylation sites (N-methyl/N-ethyl adjacent to an activating group) is 1. The fourth-order valence-corrected chi connectivity index (χ4v) is 2.65. The van der Waals surface area contributed by atoms with Gasteiger partial charge in [-0.15, -0.1) is 0 Å². The number of nitrogens with zero attached hydrogens (tertiary/aromatic N) is 2. The van der Waals surface area contributed by atoms with Crippen molar-refractivity contribution in [2.45, 2.75) is 39.2 Å². The number of nitrogens with one attached hydrogen (secondary N) is 1. The highest BCUT2D eigenvalue weighted by Crippen LogP contribution is 2.13. The molecule has 1 aliphatic heterocycles. The number of amides is 1. The molecule has 21 heavy (non-hydrogen) atoms. The fraction of sp³-hybridized carbons (Fsp3) is 0.867. The third-order valence-corrected chi connectivity index (χ3v) is 4.08. The summed E-state index contributed by atoms with van der Waals surface area (Å²) in [6, 6.07) is 0.349. The van der Waals surface area contributed by atoms with E-state index in [9.17, 15) is 9.59 Å². The summed E-state index contributed by atoms with van der Waals surface area (Å²) in [7, 11) is 2.13. The van der Waals surface area contributed by atoms with Crippen molar-refractivity contribution < 1.29 is 14.7 Å². The second-order valence-electron chi connectivity index (χ2n) is 6.20. The number of carboxylic acids is 1. The summed E-state index contributed by atoms with van der Waals surface area (Å²) in [4.78, 5) is 26.9. The minimum atomic E-state index is -0.847. The molecule has 0 aromatic rings. The molecule has 1 rings (SSSR count). The molecular formula is C15H29N3O3. The van der Waals surface area contributed by atoms with E-state index in [1.54, 1.807) is 0 Å². The molecule has 1 aliphatic rings. The average Bonchev–Trinajstić information content (AvgIpc) is 2.40. The first-order chi connectivity index (χ1) is 9.90. The molecule has 0 radical (unpaired) electrons. The Hall–Kier alpha value is -1.14. The molecule has 1 atom stereocenters. The van der Waals surface area contributed by atoms with Crippen LogP contribution in [0.1, 0.15) is 33.1 Å². The van der Waals surface area contributed by atoms with E-state index < -0.39 is 5.97 Å². The number of hydrogen-bond acceptors (Lipinski definition) is 4. The Labute approximate surface area is 127 Å². The number of piperazine rings is 1. The molecule has 0 aromatic heterocycles. The summed E-state index contributed by atoms with van der Waals surface area (Å²) in [6.45, 7) is 9.21. The summed E-state index contributed by atoms with van der Waals surface area (Å²) < 4.78 is 0. The Bertz CT molecular complexity index is 339. The van der Waals surface area contributed by atoms with Crippen LogP contribution in [0.15, 0.2) is 0 Å². The number of carbonyl (C=O) groups excluding carboxylic acids is 1. The second kappa shape index (κ2) is 9.00. The van der Waals surface area contributed by atoms with Crippen molar-refractivity contribution in [2.75, 3.05) is 39.8 Å². The van der Waals surface area contributed by atoms with Gasteiger partial charge in [-0.2, -0.15) is 0 Å². The molecule has 1 unspecified atom stereocenters. The minimum absolute atomic E-state index is 0.0453. The zero-order valence-corrected chi connectivity index (χ0v) is 13.5. The van der Waals surface area contributed by atoms with Crippen LogP contribution in [0.2, 0.25) is 0 Å². The number of carboxylic acid groups (broad SMARTS) is 1. The lowest BCUT2D eigenvalue weighted by molar-refractivity contribution is -0.137. The quantitative estimate of drug-likeness (QED) is 0.688. The van der Waals surface area contributed by atoms with Gasteiger partial charge in [-0.25, -0.2) is 0 Å². The van der Waals surface area contributed by atoms with E-state index in [1.807, 2.05) is 0 Å². The van der Waals surface area contributed by atoms with E-state index in [1.165, 1.54) is 0 Å². The van der Waals surface area contributed by atoms with E-state index >= 15 is 0 Å². The summed E-state index contributed by atoms with van der Waals surface area (Å²) in [5.74, 6) is -0.413. The number of rotatable bonds is 8. The van der Waals surface area contributed by atoms with E-state index in [0.717, 1.165) is 26.2 Å². The predicted octanol–water partition coefficient (Wildman–Crippen LogP) is 0.630. The molecule has 6 heteroatoms. The predicted molar refractivity (Wildman–Crippen MR) is 82.2 cm³/mol. The zero-order chi connectivity index (χ0) is 15.8. The van der Waals surface area contributed by atoms with Crippen LogP contribution in [-0.4, -0.2) is 72.6 Å². The molecule has 122 valence electrons. The highest BCUT2D eigenvalue weighted by Gasteiger charge is 2.25. The molecule has 0 aliphatic carbocycles. The molecule has 2 N–H and O–H groups in total. The molecular weight excluding hydrogens is 270 g/mol. The third kappa shape index (κ3) is 6.91. The van der Waals surface area contributed by atoms with Gasteiger partial charge in [0.05, 0.1) is 0 Å². The Morgan fingerprint density at radius 2 is 1.76 bits per heavy atom. The van der Waals surface area contributed by atoms with Crippen LogP contribution in [0.5, 0.6) is 0 Å². The van der Waals surface area contributed by atoms with Crippen LogP contribution in [0, 0.1) is 5.92 Å². The molecule has 0 spiro atoms. The molecule has 0 bridgehead atoms. The first kappa shape index (κ1) is 17.9. The van der Waals surface area contributed by atoms with Gasteiger partial charge < -0.3 is 15.3 Å². The molecule has 1 amide bonds. The molecule has 1 fully saturated rings. The van der Waals surface area contributed by atoms with Crippen molar-refractivity contribution >= 4 is 11.9 Å². The SMILES string of the molecule is CC(C)C(CNC(=O)CCCC(=O)O)N1CCN(C)CC1. The highest BCUT2D eigenvalue weighted by atomic mass is 16.4. The van der Waals surface area contributed by atoms with Crippen LogP contribution < -0.4 is 5.32 Å². The highest BCUT2D eigenvalue weighted by molar-refractivity contribution is 5.76. The molecule has 6 nitrogen and oxygen atoms in total. The van der Waals surface area contributed by atoms with Crippen LogP contribution >= 0.6 is 0 Å². The molecule has 1 saturated heterocycles. The second-order valence-corrected chi connectivity index (χ2v) is 6.20. The summed E-state index contributed by atoms with van der Waals surface area (Å²) >= 11 is 0. The first-order valence-corrected chi connectivity index (χ1v) is 7.81. The van der Waals surface area contributed by atoms with Crippen LogP contribution in [-0.2, 0) is 9.59 Å². The maximum Gasteiger partial charge on any atom is 0.303 e. The van der Waals surface area contributed by atoms with Crippen LogP contribution in [0.4, 0.5) is 0 Å². The Morgan fingerprint density at radius 1 is 1.14 bits per heavy atom. The average molecular weight is 299 g/mol. The third-order valence-electron chi connectivity index (χ3n) is 4.08. The maximum atomic E-state index is 11.8. The van der Waals surface area contributed by atoms with Gasteiger partial charge in [0, 0.05) is 51.6 Å². The van der Waals surface area contributed by atoms with E-state index in [4.69, 9.17) is 5.11 Å². The number of hydrogen-bond donors (Lipinski definition) is 2. The molecule has 1 heterocycles. The fourth-order valence-electron chi connectivity index (χ4n) is 2.65. The van der Waals surface area contributed by atoms with Gasteiger partial charge in [0.1, 0.15) is 0 Å². The Morgan fingerprint density at radius 3 is 2.29 bits per heavy atom. The smallest absolute Gasteiger partial charge is 0.303 e. The minimum Gasteiger partial charge on any atom is -0.481 e. The van der Waals surface area contributed by atoms with E-state index in [-0.39, 0.29) is 12.3 Å². The zero-order valence-electron chi connectivity index (χ0n) is 13.5. The number of aliphatic carboxylic acids is 1. The van der Waals surface area contributed by atoms with Gasteiger partial charge in [0.15, 0.2) is 0 Å². The van der Waals surface area contributed by atoms with Gasteiger partial charge >= 0.3 is 5.97 Å². The lowest BCUT2D eigenvalue weighted by Crippen LogP contribution is -2.54. The van der Waals surface area contributed by atoms with Gasteiger partial charge in [0.2, 0.25) is 5.91 Å². The van der Waals surface area contributed by atoms with Crippen molar-refractivity contribution in [3.8, 4) is 0 Å². The molecule has 0 aromatic carbocycles. The van der Waals surface area contributed by atoms with E-state index in [0.29, 0.717) is 31.3 Å². The Kier molecular flexibility index (Phi) is 7.67. The van der Waals surface area contributed by atoms with Gasteiger partial charge in [-0.3, -0.25) is 14.5 Å². The summed E-state index contributed by atoms with van der Waals surface area (Å²) in [5.41, 5.74) is 0. The first-order valence-electron chi connectivity index (χ1n) is 7.81.